The second-order valence-electron chi connectivity index (χ2n) is 4.40. The molecule has 4 N–H and O–H groups in total. The molecule has 1 fully saturated rings. The van der Waals surface area contributed by atoms with Crippen LogP contribution in [0.4, 0.5) is 10.2 Å². The van der Waals surface area contributed by atoms with Gasteiger partial charge in [-0.1, -0.05) is 0 Å². The summed E-state index contributed by atoms with van der Waals surface area (Å²) >= 11 is 0. The Morgan fingerprint density at radius 2 is 2.26 bits per heavy atom. The van der Waals surface area contributed by atoms with Crippen molar-refractivity contribution >= 4 is 16.9 Å². The number of alkyl halides is 1. The molecule has 3 rings (SSSR count). The first-order valence-electron chi connectivity index (χ1n) is 5.79. The van der Waals surface area contributed by atoms with Gasteiger partial charge in [-0.25, -0.2) is 14.4 Å². The van der Waals surface area contributed by atoms with Crippen LogP contribution in [-0.2, 0) is 4.74 Å². The van der Waals surface area contributed by atoms with E-state index in [-0.39, 0.29) is 5.82 Å². The average molecular weight is 268 g/mol. The largest absolute Gasteiger partial charge is 0.394 e. The molecule has 0 bridgehead atoms. The van der Waals surface area contributed by atoms with Gasteiger partial charge in [-0.2, -0.15) is 0 Å². The molecule has 8 heteroatoms. The summed E-state index contributed by atoms with van der Waals surface area (Å²) in [7, 11) is 0. The van der Waals surface area contributed by atoms with Gasteiger partial charge in [-0.15, -0.1) is 0 Å². The van der Waals surface area contributed by atoms with E-state index in [0.29, 0.717) is 11.0 Å². The maximum atomic E-state index is 14.0. The molecule has 0 aliphatic carbocycles. The van der Waals surface area contributed by atoms with Crippen LogP contribution in [0.2, 0.25) is 0 Å². The number of hydrogen-bond acceptors (Lipinski definition) is 6. The Morgan fingerprint density at radius 3 is 2.95 bits per heavy atom. The summed E-state index contributed by atoms with van der Waals surface area (Å²) in [5.41, 5.74) is 6.12. The Kier molecular flexibility index (Phi) is 2.85. The molecule has 7 nitrogen and oxygen atoms in total. The van der Waals surface area contributed by atoms with Crippen LogP contribution in [0, 0.1) is 0 Å². The molecular formula is C11H13FN4O3. The number of aliphatic hydroxyl groups excluding tert-OH is 2. The van der Waals surface area contributed by atoms with E-state index in [2.05, 4.69) is 9.97 Å². The van der Waals surface area contributed by atoms with E-state index in [1.807, 2.05) is 0 Å². The Morgan fingerprint density at radius 1 is 1.47 bits per heavy atom. The molecule has 0 amide bonds. The summed E-state index contributed by atoms with van der Waals surface area (Å²) in [5, 5.41) is 19.2. The van der Waals surface area contributed by atoms with Gasteiger partial charge in [-0.3, -0.25) is 0 Å². The molecule has 3 heterocycles. The van der Waals surface area contributed by atoms with Gasteiger partial charge in [0, 0.05) is 6.20 Å². The maximum Gasteiger partial charge on any atom is 0.173 e. The van der Waals surface area contributed by atoms with Gasteiger partial charge < -0.3 is 25.3 Å². The minimum absolute atomic E-state index is 0.288. The fourth-order valence-electron chi connectivity index (χ4n) is 2.27. The minimum Gasteiger partial charge on any atom is -0.394 e. The van der Waals surface area contributed by atoms with Gasteiger partial charge in [0.2, 0.25) is 0 Å². The lowest BCUT2D eigenvalue weighted by molar-refractivity contribution is -0.0457. The number of aliphatic hydroxyl groups is 2. The number of nitrogens with zero attached hydrogens (tertiary/aromatic N) is 3. The number of nitrogen functional groups attached to an aromatic ring is 1. The van der Waals surface area contributed by atoms with Crippen molar-refractivity contribution in [2.45, 2.75) is 24.6 Å². The van der Waals surface area contributed by atoms with Crippen molar-refractivity contribution in [2.24, 2.45) is 0 Å². The fourth-order valence-corrected chi connectivity index (χ4v) is 2.27. The first kappa shape index (κ1) is 12.3. The van der Waals surface area contributed by atoms with E-state index in [0.717, 1.165) is 0 Å². The van der Waals surface area contributed by atoms with Crippen LogP contribution in [0.5, 0.6) is 0 Å². The number of ether oxygens (including phenoxy) is 1. The predicted octanol–water partition coefficient (Wildman–Crippen LogP) is -0.398. The third-order valence-electron chi connectivity index (χ3n) is 3.29. The summed E-state index contributed by atoms with van der Waals surface area (Å²) in [4.78, 5) is 7.88. The van der Waals surface area contributed by atoms with Crippen molar-refractivity contribution in [1.29, 1.82) is 0 Å². The monoisotopic (exact) mass is 268 g/mol. The molecule has 102 valence electrons. The van der Waals surface area contributed by atoms with Crippen molar-refractivity contribution in [1.82, 2.24) is 14.5 Å². The van der Waals surface area contributed by atoms with Gasteiger partial charge in [-0.05, 0) is 6.07 Å². The van der Waals surface area contributed by atoms with Crippen molar-refractivity contribution in [3.63, 3.8) is 0 Å². The van der Waals surface area contributed by atoms with Gasteiger partial charge in [0.25, 0.3) is 0 Å². The highest BCUT2D eigenvalue weighted by atomic mass is 19.1. The number of aromatic nitrogens is 3. The van der Waals surface area contributed by atoms with Gasteiger partial charge in [0.1, 0.15) is 30.0 Å². The van der Waals surface area contributed by atoms with E-state index < -0.39 is 31.2 Å². The van der Waals surface area contributed by atoms with E-state index >= 15 is 0 Å². The third-order valence-corrected chi connectivity index (χ3v) is 3.29. The third kappa shape index (κ3) is 1.76. The van der Waals surface area contributed by atoms with Crippen LogP contribution in [0.3, 0.4) is 0 Å². The lowest BCUT2D eigenvalue weighted by atomic mass is 10.1. The van der Waals surface area contributed by atoms with Crippen molar-refractivity contribution in [3.8, 4) is 0 Å². The van der Waals surface area contributed by atoms with Gasteiger partial charge in [0.05, 0.1) is 12.0 Å². The Balaban J connectivity index is 2.04. The summed E-state index contributed by atoms with van der Waals surface area (Å²) in [6.45, 7) is -0.450. The number of anilines is 1. The fraction of sp³-hybridized carbons (Fsp3) is 0.455. The first-order chi connectivity index (χ1) is 9.13. The molecule has 1 aliphatic heterocycles. The molecule has 19 heavy (non-hydrogen) atoms. The van der Waals surface area contributed by atoms with E-state index in [9.17, 15) is 9.50 Å². The molecule has 0 radical (unpaired) electrons. The number of rotatable bonds is 2. The lowest BCUT2D eigenvalue weighted by Gasteiger charge is -2.15. The number of fused-ring (bicyclic) bond motifs is 1. The molecule has 0 aromatic carbocycles. The maximum absolute atomic E-state index is 14.0. The molecule has 4 atom stereocenters. The van der Waals surface area contributed by atoms with Crippen LogP contribution >= 0.6 is 0 Å². The smallest absolute Gasteiger partial charge is 0.173 e. The predicted molar refractivity (Wildman–Crippen MR) is 63.8 cm³/mol. The van der Waals surface area contributed by atoms with Crippen molar-refractivity contribution in [3.05, 3.63) is 18.6 Å². The van der Waals surface area contributed by atoms with Gasteiger partial charge >= 0.3 is 0 Å². The van der Waals surface area contributed by atoms with Crippen molar-refractivity contribution in [2.75, 3.05) is 12.3 Å². The van der Waals surface area contributed by atoms with E-state index in [4.69, 9.17) is 15.6 Å². The summed E-state index contributed by atoms with van der Waals surface area (Å²) < 4.78 is 20.8. The highest BCUT2D eigenvalue weighted by molar-refractivity contribution is 5.86. The number of hydrogen-bond donors (Lipinski definition) is 3. The zero-order valence-corrected chi connectivity index (χ0v) is 9.85. The van der Waals surface area contributed by atoms with Crippen LogP contribution in [-0.4, -0.2) is 49.7 Å². The Bertz CT molecular complexity index is 605. The molecular weight excluding hydrogens is 255 g/mol. The van der Waals surface area contributed by atoms with Crippen LogP contribution in [0.15, 0.2) is 18.6 Å². The quantitative estimate of drug-likeness (QED) is 0.684. The van der Waals surface area contributed by atoms with E-state index in [1.165, 1.54) is 10.9 Å². The minimum atomic E-state index is -1.65. The second kappa shape index (κ2) is 4.41. The normalized spacial score (nSPS) is 31.1. The molecule has 0 saturated carbocycles. The van der Waals surface area contributed by atoms with Crippen molar-refractivity contribution < 1.29 is 19.3 Å². The second-order valence-corrected chi connectivity index (χ2v) is 4.40. The van der Waals surface area contributed by atoms with E-state index in [1.54, 1.807) is 12.3 Å². The molecule has 2 aromatic heterocycles. The standard InChI is InChI=1S/C11H13FN4O3/c12-7-8(18)6(3-17)19-11(7)16-2-1-5-9(13)14-4-15-10(5)16/h1-2,4,6-8,11,17-18H,3H2,(H2,13,14,15)/t6?,7-,8+,11+/m0/s1. The zero-order valence-electron chi connectivity index (χ0n) is 9.85. The summed E-state index contributed by atoms with van der Waals surface area (Å²) in [6.07, 6.45) is -2.17. The van der Waals surface area contributed by atoms with Gasteiger partial charge in [0.15, 0.2) is 12.4 Å². The topological polar surface area (TPSA) is 106 Å². The number of halogens is 1. The first-order valence-corrected chi connectivity index (χ1v) is 5.79. The number of nitrogens with two attached hydrogens (primary N) is 1. The average Bonchev–Trinajstić information content (AvgIpc) is 2.94. The SMILES string of the molecule is Nc1ncnc2c1ccn2[C@@H]1OC(CO)[C@@H](O)[C@@H]1F. The Hall–Kier alpha value is -1.77. The lowest BCUT2D eigenvalue weighted by Crippen LogP contribution is -2.30. The molecule has 1 saturated heterocycles. The summed E-state index contributed by atoms with van der Waals surface area (Å²) in [6, 6.07) is 1.65. The molecule has 1 aliphatic rings. The van der Waals surface area contributed by atoms with Crippen LogP contribution < -0.4 is 5.73 Å². The zero-order chi connectivity index (χ0) is 13.6. The van der Waals surface area contributed by atoms with Crippen LogP contribution in [0.1, 0.15) is 6.23 Å². The highest BCUT2D eigenvalue weighted by Crippen LogP contribution is 2.34. The summed E-state index contributed by atoms with van der Waals surface area (Å²) in [5.74, 6) is 0.288. The van der Waals surface area contributed by atoms with Crippen LogP contribution in [0.25, 0.3) is 11.0 Å². The molecule has 0 spiro atoms. The highest BCUT2D eigenvalue weighted by Gasteiger charge is 2.45. The molecule has 1 unspecified atom stereocenters. The molecule has 2 aromatic rings. The Labute approximate surface area is 107 Å².